The van der Waals surface area contributed by atoms with Crippen LogP contribution in [0.25, 0.3) is 11.0 Å². The van der Waals surface area contributed by atoms with Gasteiger partial charge in [-0.05, 0) is 26.4 Å². The maximum Gasteiger partial charge on any atom is 0.163 e. The lowest BCUT2D eigenvalue weighted by atomic mass is 10.3. The van der Waals surface area contributed by atoms with E-state index in [9.17, 15) is 0 Å². The summed E-state index contributed by atoms with van der Waals surface area (Å²) in [7, 11) is 1.92. The topological polar surface area (TPSA) is 58.9 Å². The summed E-state index contributed by atoms with van der Waals surface area (Å²) in [6, 6.07) is 0. The molecule has 0 fully saturated rings. The van der Waals surface area contributed by atoms with E-state index in [0.29, 0.717) is 0 Å². The minimum atomic E-state index is 0.788. The molecular weight excluding hydrogens is 264 g/mol. The van der Waals surface area contributed by atoms with Crippen LogP contribution in [0.4, 0.5) is 5.82 Å². The first-order valence-corrected chi connectivity index (χ1v) is 7.84. The number of hydrogen-bond donors (Lipinski definition) is 1. The van der Waals surface area contributed by atoms with Crippen molar-refractivity contribution in [1.82, 2.24) is 24.6 Å². The molecule has 116 valence electrons. The average Bonchev–Trinajstić information content (AvgIpc) is 2.86. The van der Waals surface area contributed by atoms with Gasteiger partial charge in [0.25, 0.3) is 0 Å². The number of fused-ring (bicyclic) bond motifs is 1. The van der Waals surface area contributed by atoms with Crippen LogP contribution in [0.1, 0.15) is 39.4 Å². The molecule has 2 rings (SSSR count). The third-order valence-corrected chi connectivity index (χ3v) is 3.62. The summed E-state index contributed by atoms with van der Waals surface area (Å²) < 4.78 is 1.81. The zero-order valence-electron chi connectivity index (χ0n) is 13.6. The van der Waals surface area contributed by atoms with Crippen molar-refractivity contribution in [3.05, 3.63) is 12.0 Å². The van der Waals surface area contributed by atoms with Gasteiger partial charge >= 0.3 is 0 Å². The fourth-order valence-electron chi connectivity index (χ4n) is 2.37. The van der Waals surface area contributed by atoms with Crippen molar-refractivity contribution in [3.8, 4) is 0 Å². The quantitative estimate of drug-likeness (QED) is 0.809. The van der Waals surface area contributed by atoms with Gasteiger partial charge in [0.05, 0.1) is 18.1 Å². The first-order chi connectivity index (χ1) is 10.2. The molecule has 0 aliphatic heterocycles. The van der Waals surface area contributed by atoms with E-state index < -0.39 is 0 Å². The highest BCUT2D eigenvalue weighted by atomic mass is 15.3. The van der Waals surface area contributed by atoms with Gasteiger partial charge in [-0.3, -0.25) is 9.58 Å². The lowest BCUT2D eigenvalue weighted by Crippen LogP contribution is -2.25. The molecule has 6 nitrogen and oxygen atoms in total. The van der Waals surface area contributed by atoms with Gasteiger partial charge in [0.1, 0.15) is 11.6 Å². The van der Waals surface area contributed by atoms with Crippen molar-refractivity contribution in [3.63, 3.8) is 0 Å². The monoisotopic (exact) mass is 290 g/mol. The number of nitrogens with one attached hydrogen (secondary N) is 1. The number of nitrogens with zero attached hydrogens (tertiary/aromatic N) is 5. The molecule has 0 atom stereocenters. The van der Waals surface area contributed by atoms with Gasteiger partial charge in [-0.1, -0.05) is 20.3 Å². The van der Waals surface area contributed by atoms with Crippen molar-refractivity contribution in [1.29, 1.82) is 0 Å². The molecular formula is C15H26N6. The highest BCUT2D eigenvalue weighted by molar-refractivity contribution is 5.86. The van der Waals surface area contributed by atoms with Crippen molar-refractivity contribution in [2.75, 3.05) is 25.0 Å². The largest absolute Gasteiger partial charge is 0.370 e. The highest BCUT2D eigenvalue weighted by Crippen LogP contribution is 2.20. The summed E-state index contributed by atoms with van der Waals surface area (Å²) in [6.45, 7) is 10.2. The maximum atomic E-state index is 4.68. The van der Waals surface area contributed by atoms with Gasteiger partial charge in [-0.25, -0.2) is 9.97 Å². The molecule has 21 heavy (non-hydrogen) atoms. The number of unbranched alkanes of at least 4 members (excludes halogenated alkanes) is 1. The van der Waals surface area contributed by atoms with Gasteiger partial charge in [0.2, 0.25) is 0 Å². The summed E-state index contributed by atoms with van der Waals surface area (Å²) in [5.74, 6) is 1.75. The van der Waals surface area contributed by atoms with E-state index in [2.05, 4.69) is 46.1 Å². The van der Waals surface area contributed by atoms with E-state index >= 15 is 0 Å². The van der Waals surface area contributed by atoms with E-state index in [1.165, 1.54) is 12.8 Å². The molecule has 2 aromatic rings. The molecule has 6 heteroatoms. The van der Waals surface area contributed by atoms with E-state index in [-0.39, 0.29) is 0 Å². The Morgan fingerprint density at radius 2 is 2.05 bits per heavy atom. The summed E-state index contributed by atoms with van der Waals surface area (Å²) >= 11 is 0. The average molecular weight is 290 g/mol. The first-order valence-electron chi connectivity index (χ1n) is 7.84. The Labute approximate surface area is 126 Å². The normalized spacial score (nSPS) is 11.5. The Morgan fingerprint density at radius 3 is 2.71 bits per heavy atom. The van der Waals surface area contributed by atoms with Crippen LogP contribution < -0.4 is 5.32 Å². The smallest absolute Gasteiger partial charge is 0.163 e. The molecule has 0 bridgehead atoms. The Morgan fingerprint density at radius 1 is 1.24 bits per heavy atom. The van der Waals surface area contributed by atoms with Crippen LogP contribution in [0.2, 0.25) is 0 Å². The molecule has 1 N–H and O–H groups in total. The first kappa shape index (κ1) is 15.7. The second-order valence-electron chi connectivity index (χ2n) is 5.25. The molecule has 0 radical (unpaired) electrons. The van der Waals surface area contributed by atoms with E-state index in [1.807, 2.05) is 17.9 Å². The highest BCUT2D eigenvalue weighted by Gasteiger charge is 2.13. The van der Waals surface area contributed by atoms with Crippen molar-refractivity contribution < 1.29 is 0 Å². The van der Waals surface area contributed by atoms with E-state index in [4.69, 9.17) is 0 Å². The predicted octanol–water partition coefficient (Wildman–Crippen LogP) is 2.42. The van der Waals surface area contributed by atoms with Crippen LogP contribution in [-0.4, -0.2) is 44.3 Å². The summed E-state index contributed by atoms with van der Waals surface area (Å²) in [6.07, 6.45) is 4.24. The summed E-state index contributed by atoms with van der Waals surface area (Å²) in [5, 5.41) is 8.59. The van der Waals surface area contributed by atoms with E-state index in [0.717, 1.165) is 48.9 Å². The molecule has 2 aromatic heterocycles. The molecule has 0 saturated carbocycles. The minimum Gasteiger partial charge on any atom is -0.370 e. The second-order valence-corrected chi connectivity index (χ2v) is 5.25. The van der Waals surface area contributed by atoms with Gasteiger partial charge in [0, 0.05) is 13.6 Å². The molecule has 0 unspecified atom stereocenters. The number of aryl methyl sites for hydroxylation is 1. The van der Waals surface area contributed by atoms with Crippen LogP contribution in [0, 0.1) is 0 Å². The molecule has 0 saturated heterocycles. The van der Waals surface area contributed by atoms with Crippen molar-refractivity contribution in [2.45, 2.75) is 40.2 Å². The Kier molecular flexibility index (Phi) is 5.50. The predicted molar refractivity (Wildman–Crippen MR) is 86.3 cm³/mol. The number of rotatable bonds is 8. The Bertz CT molecular complexity index is 577. The van der Waals surface area contributed by atoms with Crippen LogP contribution >= 0.6 is 0 Å². The zero-order valence-corrected chi connectivity index (χ0v) is 13.6. The zero-order chi connectivity index (χ0) is 15.2. The van der Waals surface area contributed by atoms with Crippen molar-refractivity contribution >= 4 is 16.9 Å². The standard InChI is InChI=1S/C15H26N6/c1-5-8-9-21(7-3)11-13-18-14(16-6-2)12-10-17-20(4)15(12)19-13/h10H,5-9,11H2,1-4H3,(H,16,18,19). The lowest BCUT2D eigenvalue weighted by Gasteiger charge is -2.19. The van der Waals surface area contributed by atoms with Crippen LogP contribution in [-0.2, 0) is 13.6 Å². The van der Waals surface area contributed by atoms with E-state index in [1.54, 1.807) is 0 Å². The second kappa shape index (κ2) is 7.36. The Hall–Kier alpha value is -1.69. The SMILES string of the molecule is CCCCN(CC)Cc1nc(NCC)c2cnn(C)c2n1. The fourth-order valence-corrected chi connectivity index (χ4v) is 2.37. The number of aromatic nitrogens is 4. The van der Waals surface area contributed by atoms with Gasteiger partial charge in [0.15, 0.2) is 5.65 Å². The molecule has 0 aliphatic rings. The number of hydrogen-bond acceptors (Lipinski definition) is 5. The van der Waals surface area contributed by atoms with Gasteiger partial charge in [-0.15, -0.1) is 0 Å². The third kappa shape index (κ3) is 3.69. The Balaban J connectivity index is 2.28. The minimum absolute atomic E-state index is 0.788. The third-order valence-electron chi connectivity index (χ3n) is 3.62. The fraction of sp³-hybridized carbons (Fsp3) is 0.667. The lowest BCUT2D eigenvalue weighted by molar-refractivity contribution is 0.269. The van der Waals surface area contributed by atoms with Gasteiger partial charge in [-0.2, -0.15) is 5.10 Å². The van der Waals surface area contributed by atoms with Crippen molar-refractivity contribution in [2.24, 2.45) is 7.05 Å². The van der Waals surface area contributed by atoms with Crippen LogP contribution in [0.5, 0.6) is 0 Å². The maximum absolute atomic E-state index is 4.68. The molecule has 0 amide bonds. The number of anilines is 1. The van der Waals surface area contributed by atoms with Gasteiger partial charge < -0.3 is 5.32 Å². The molecule has 0 aromatic carbocycles. The molecule has 2 heterocycles. The molecule has 0 aliphatic carbocycles. The summed E-state index contributed by atoms with van der Waals surface area (Å²) in [4.78, 5) is 11.7. The summed E-state index contributed by atoms with van der Waals surface area (Å²) in [5.41, 5.74) is 0.891. The van der Waals surface area contributed by atoms with Crippen LogP contribution in [0.3, 0.4) is 0 Å². The van der Waals surface area contributed by atoms with Crippen LogP contribution in [0.15, 0.2) is 6.20 Å². The molecule has 0 spiro atoms.